The number of rotatable bonds is 7. The number of carbonyl (C=O) groups is 1. The highest BCUT2D eigenvalue weighted by molar-refractivity contribution is 7.92. The van der Waals surface area contributed by atoms with Gasteiger partial charge in [0, 0.05) is 12.6 Å². The van der Waals surface area contributed by atoms with Crippen molar-refractivity contribution in [2.24, 2.45) is 5.73 Å². The van der Waals surface area contributed by atoms with Crippen molar-refractivity contribution in [3.8, 4) is 0 Å². The largest absolute Gasteiger partial charge is 0.353 e. The molecule has 134 valence electrons. The summed E-state index contributed by atoms with van der Waals surface area (Å²) >= 11 is 0. The Labute approximate surface area is 144 Å². The molecular formula is C18H28N2O3S. The Kier molecular flexibility index (Phi) is 6.40. The van der Waals surface area contributed by atoms with Gasteiger partial charge in [0.1, 0.15) is 5.75 Å². The van der Waals surface area contributed by atoms with Crippen molar-refractivity contribution in [1.82, 2.24) is 5.32 Å². The van der Waals surface area contributed by atoms with E-state index in [9.17, 15) is 13.2 Å². The molecule has 1 fully saturated rings. The van der Waals surface area contributed by atoms with Crippen molar-refractivity contribution >= 4 is 15.7 Å². The maximum atomic E-state index is 12.2. The van der Waals surface area contributed by atoms with Crippen molar-refractivity contribution in [1.29, 1.82) is 0 Å². The van der Waals surface area contributed by atoms with E-state index < -0.39 is 21.5 Å². The SMILES string of the molecule is CC(C)c1ccc(C(N)CNC(=O)CS(=O)(=O)C2CCCC2)cc1. The number of amides is 1. The van der Waals surface area contributed by atoms with E-state index in [2.05, 4.69) is 19.2 Å². The molecule has 0 aliphatic heterocycles. The standard InChI is InChI=1S/C18H28N2O3S/c1-13(2)14-7-9-15(10-8-14)17(19)11-20-18(21)12-24(22,23)16-5-3-4-6-16/h7-10,13,16-17H,3-6,11-12,19H2,1-2H3,(H,20,21). The average molecular weight is 353 g/mol. The third-order valence-corrected chi connectivity index (χ3v) is 6.84. The molecule has 1 unspecified atom stereocenters. The molecule has 0 radical (unpaired) electrons. The Bertz CT molecular complexity index is 647. The van der Waals surface area contributed by atoms with E-state index >= 15 is 0 Å². The van der Waals surface area contributed by atoms with E-state index in [1.807, 2.05) is 24.3 Å². The predicted octanol–water partition coefficient (Wildman–Crippen LogP) is 2.28. The Balaban J connectivity index is 1.84. The van der Waals surface area contributed by atoms with Gasteiger partial charge >= 0.3 is 0 Å². The van der Waals surface area contributed by atoms with Gasteiger partial charge in [-0.15, -0.1) is 0 Å². The molecule has 24 heavy (non-hydrogen) atoms. The molecule has 0 heterocycles. The molecule has 1 aliphatic rings. The molecule has 2 rings (SSSR count). The van der Waals surface area contributed by atoms with Crippen molar-refractivity contribution < 1.29 is 13.2 Å². The fourth-order valence-corrected chi connectivity index (χ4v) is 4.82. The first-order chi connectivity index (χ1) is 11.3. The lowest BCUT2D eigenvalue weighted by Gasteiger charge is -2.15. The second-order valence-electron chi connectivity index (χ2n) is 6.95. The molecule has 1 aliphatic carbocycles. The quantitative estimate of drug-likeness (QED) is 0.788. The number of hydrogen-bond donors (Lipinski definition) is 2. The normalized spacial score (nSPS) is 17.2. The van der Waals surface area contributed by atoms with Crippen LogP contribution >= 0.6 is 0 Å². The zero-order chi connectivity index (χ0) is 17.7. The van der Waals surface area contributed by atoms with E-state index in [1.54, 1.807) is 0 Å². The number of nitrogens with two attached hydrogens (primary N) is 1. The molecule has 1 atom stereocenters. The molecule has 5 nitrogen and oxygen atoms in total. The minimum absolute atomic E-state index is 0.236. The van der Waals surface area contributed by atoms with E-state index in [0.717, 1.165) is 18.4 Å². The lowest BCUT2D eigenvalue weighted by Crippen LogP contribution is -2.37. The Hall–Kier alpha value is -1.40. The van der Waals surface area contributed by atoms with Crippen LogP contribution in [0.4, 0.5) is 0 Å². The maximum Gasteiger partial charge on any atom is 0.235 e. The molecule has 0 spiro atoms. The molecule has 0 saturated heterocycles. The van der Waals surface area contributed by atoms with Crippen molar-refractivity contribution in [3.05, 3.63) is 35.4 Å². The molecule has 6 heteroatoms. The van der Waals surface area contributed by atoms with Crippen LogP contribution < -0.4 is 11.1 Å². The minimum atomic E-state index is -3.34. The highest BCUT2D eigenvalue weighted by atomic mass is 32.2. The molecule has 1 aromatic rings. The lowest BCUT2D eigenvalue weighted by atomic mass is 9.99. The monoisotopic (exact) mass is 352 g/mol. The summed E-state index contributed by atoms with van der Waals surface area (Å²) in [5, 5.41) is 2.31. The van der Waals surface area contributed by atoms with Crippen LogP contribution in [0, 0.1) is 0 Å². The first kappa shape index (κ1) is 18.9. The van der Waals surface area contributed by atoms with E-state index in [-0.39, 0.29) is 17.8 Å². The van der Waals surface area contributed by atoms with Gasteiger partial charge in [0.05, 0.1) is 5.25 Å². The highest BCUT2D eigenvalue weighted by Gasteiger charge is 2.30. The van der Waals surface area contributed by atoms with Crippen molar-refractivity contribution in [2.75, 3.05) is 12.3 Å². The first-order valence-corrected chi connectivity index (χ1v) is 10.3. The molecule has 1 amide bonds. The lowest BCUT2D eigenvalue weighted by molar-refractivity contribution is -0.118. The summed E-state index contributed by atoms with van der Waals surface area (Å²) in [4.78, 5) is 11.9. The number of carbonyl (C=O) groups excluding carboxylic acids is 1. The van der Waals surface area contributed by atoms with Gasteiger partial charge in [0.25, 0.3) is 0 Å². The number of nitrogens with one attached hydrogen (secondary N) is 1. The van der Waals surface area contributed by atoms with Gasteiger partial charge < -0.3 is 11.1 Å². The second kappa shape index (κ2) is 8.12. The van der Waals surface area contributed by atoms with Gasteiger partial charge in [-0.2, -0.15) is 0 Å². The Morgan fingerprint density at radius 3 is 2.25 bits per heavy atom. The van der Waals surface area contributed by atoms with Crippen LogP contribution in [0.5, 0.6) is 0 Å². The summed E-state index contributed by atoms with van der Waals surface area (Å²) in [7, 11) is -3.34. The Morgan fingerprint density at radius 1 is 1.17 bits per heavy atom. The smallest absolute Gasteiger partial charge is 0.235 e. The molecular weight excluding hydrogens is 324 g/mol. The van der Waals surface area contributed by atoms with E-state index in [1.165, 1.54) is 5.56 Å². The first-order valence-electron chi connectivity index (χ1n) is 8.63. The van der Waals surface area contributed by atoms with Crippen LogP contribution in [-0.4, -0.2) is 31.9 Å². The zero-order valence-corrected chi connectivity index (χ0v) is 15.3. The molecule has 3 N–H and O–H groups in total. The van der Waals surface area contributed by atoms with E-state index in [0.29, 0.717) is 18.8 Å². The van der Waals surface area contributed by atoms with Crippen LogP contribution in [0.3, 0.4) is 0 Å². The summed E-state index contributed by atoms with van der Waals surface area (Å²) in [6.45, 7) is 4.49. The minimum Gasteiger partial charge on any atom is -0.353 e. The maximum absolute atomic E-state index is 12.2. The topological polar surface area (TPSA) is 89.3 Å². The van der Waals surface area contributed by atoms with Crippen molar-refractivity contribution in [2.45, 2.75) is 56.7 Å². The number of hydrogen-bond acceptors (Lipinski definition) is 4. The van der Waals surface area contributed by atoms with Crippen LogP contribution in [0.2, 0.25) is 0 Å². The number of sulfone groups is 1. The summed E-state index contributed by atoms with van der Waals surface area (Å²) < 4.78 is 24.3. The molecule has 0 aromatic heterocycles. The summed E-state index contributed by atoms with van der Waals surface area (Å²) in [6.07, 6.45) is 3.22. The third kappa shape index (κ3) is 5.05. The Morgan fingerprint density at radius 2 is 1.71 bits per heavy atom. The summed E-state index contributed by atoms with van der Waals surface area (Å²) in [6, 6.07) is 7.64. The van der Waals surface area contributed by atoms with Gasteiger partial charge in [0.2, 0.25) is 5.91 Å². The van der Waals surface area contributed by atoms with Crippen molar-refractivity contribution in [3.63, 3.8) is 0 Å². The average Bonchev–Trinajstić information content (AvgIpc) is 3.07. The van der Waals surface area contributed by atoms with Crippen LogP contribution in [0.1, 0.15) is 62.6 Å². The number of benzene rings is 1. The van der Waals surface area contributed by atoms with Gasteiger partial charge in [-0.25, -0.2) is 8.42 Å². The summed E-state index contributed by atoms with van der Waals surface area (Å²) in [5.74, 6) is -0.441. The van der Waals surface area contributed by atoms with Crippen LogP contribution in [-0.2, 0) is 14.6 Å². The molecule has 1 saturated carbocycles. The van der Waals surface area contributed by atoms with Gasteiger partial charge in [-0.05, 0) is 29.9 Å². The van der Waals surface area contributed by atoms with Crippen LogP contribution in [0.15, 0.2) is 24.3 Å². The summed E-state index contributed by atoms with van der Waals surface area (Å²) in [5.41, 5.74) is 8.25. The fourth-order valence-electron chi connectivity index (χ4n) is 3.07. The predicted molar refractivity (Wildman–Crippen MR) is 96.5 cm³/mol. The van der Waals surface area contributed by atoms with Crippen LogP contribution in [0.25, 0.3) is 0 Å². The molecule has 0 bridgehead atoms. The zero-order valence-electron chi connectivity index (χ0n) is 14.5. The second-order valence-corrected chi connectivity index (χ2v) is 9.23. The third-order valence-electron chi connectivity index (χ3n) is 4.69. The van der Waals surface area contributed by atoms with Gasteiger partial charge in [-0.3, -0.25) is 4.79 Å². The molecule has 1 aromatic carbocycles. The highest BCUT2D eigenvalue weighted by Crippen LogP contribution is 2.25. The fraction of sp³-hybridized carbons (Fsp3) is 0.611. The van der Waals surface area contributed by atoms with E-state index in [4.69, 9.17) is 5.73 Å². The van der Waals surface area contributed by atoms with Gasteiger partial charge in [-0.1, -0.05) is 51.0 Å². The van der Waals surface area contributed by atoms with Gasteiger partial charge in [0.15, 0.2) is 9.84 Å².